The van der Waals surface area contributed by atoms with Crippen LogP contribution in [-0.4, -0.2) is 20.9 Å². The van der Waals surface area contributed by atoms with Gasteiger partial charge >= 0.3 is 0 Å². The standard InChI is InChI=1S/C37H51NO3S/c1-32(2)15-17-37(23-42(40)25-11-9-8-10-12-25)18-16-36(7)30(26(37)21-32)27(39)19-29-34(5)20-24-22-38-41-31(24)33(3,4)28(34)13-14-35(29,36)6/h8-12,22,26,28-30H,13-21,23H2,1-7H3/t26-,28-,29+,30-,34-,35+,36+,37+,42?/m0/s1. The van der Waals surface area contributed by atoms with Gasteiger partial charge in [0.25, 0.3) is 0 Å². The molecule has 5 aliphatic carbocycles. The van der Waals surface area contributed by atoms with Crippen LogP contribution < -0.4 is 0 Å². The molecule has 42 heavy (non-hydrogen) atoms. The summed E-state index contributed by atoms with van der Waals surface area (Å²) in [6.07, 6.45) is 11.4. The normalized spacial score (nSPS) is 44.1. The lowest BCUT2D eigenvalue weighted by Crippen LogP contribution is -2.69. The van der Waals surface area contributed by atoms with Crippen molar-refractivity contribution >= 4 is 16.6 Å². The lowest BCUT2D eigenvalue weighted by Gasteiger charge is -2.72. The number of benzene rings is 1. The highest BCUT2D eigenvalue weighted by Crippen LogP contribution is 2.76. The van der Waals surface area contributed by atoms with E-state index in [1.807, 2.05) is 36.5 Å². The number of hydrogen-bond donors (Lipinski definition) is 0. The summed E-state index contributed by atoms with van der Waals surface area (Å²) < 4.78 is 19.8. The van der Waals surface area contributed by atoms with Crippen molar-refractivity contribution in [3.05, 3.63) is 47.9 Å². The third-order valence-electron chi connectivity index (χ3n) is 14.6. The number of carbonyl (C=O) groups excluding carboxylic acids is 1. The molecule has 1 aromatic heterocycles. The summed E-state index contributed by atoms with van der Waals surface area (Å²) in [7, 11) is -1.05. The zero-order valence-corrected chi connectivity index (χ0v) is 27.7. The van der Waals surface area contributed by atoms with Gasteiger partial charge in [-0.3, -0.25) is 9.00 Å². The average Bonchev–Trinajstić information content (AvgIpc) is 3.40. The Morgan fingerprint density at radius 1 is 0.905 bits per heavy atom. The van der Waals surface area contributed by atoms with Crippen molar-refractivity contribution in [3.8, 4) is 0 Å². The highest BCUT2D eigenvalue weighted by atomic mass is 32.2. The average molecular weight is 590 g/mol. The molecule has 9 atom stereocenters. The minimum Gasteiger partial charge on any atom is -0.361 e. The quantitative estimate of drug-likeness (QED) is 0.360. The van der Waals surface area contributed by atoms with E-state index in [-0.39, 0.29) is 38.4 Å². The largest absolute Gasteiger partial charge is 0.361 e. The topological polar surface area (TPSA) is 60.2 Å². The maximum absolute atomic E-state index is 14.9. The molecule has 0 bridgehead atoms. The van der Waals surface area contributed by atoms with E-state index in [0.717, 1.165) is 49.2 Å². The van der Waals surface area contributed by atoms with Crippen LogP contribution in [0.4, 0.5) is 0 Å². The van der Waals surface area contributed by atoms with Gasteiger partial charge in [-0.2, -0.15) is 0 Å². The number of carbonyl (C=O) groups is 1. The van der Waals surface area contributed by atoms with E-state index in [2.05, 4.69) is 53.6 Å². The number of rotatable bonds is 3. The van der Waals surface area contributed by atoms with Crippen LogP contribution in [0.25, 0.3) is 0 Å². The van der Waals surface area contributed by atoms with Gasteiger partial charge in [0.1, 0.15) is 11.5 Å². The molecule has 7 rings (SSSR count). The molecule has 4 saturated carbocycles. The molecular weight excluding hydrogens is 538 g/mol. The van der Waals surface area contributed by atoms with Gasteiger partial charge in [-0.15, -0.1) is 0 Å². The fourth-order valence-electron chi connectivity index (χ4n) is 12.3. The zero-order chi connectivity index (χ0) is 29.9. The second-order valence-corrected chi connectivity index (χ2v) is 18.8. The minimum atomic E-state index is -1.05. The first-order valence-electron chi connectivity index (χ1n) is 16.6. The number of nitrogens with zero attached hydrogens (tertiary/aromatic N) is 1. The highest BCUT2D eigenvalue weighted by Gasteiger charge is 2.72. The molecule has 5 aliphatic rings. The molecule has 4 nitrogen and oxygen atoms in total. The van der Waals surface area contributed by atoms with Gasteiger partial charge in [0.2, 0.25) is 0 Å². The molecule has 0 N–H and O–H groups in total. The van der Waals surface area contributed by atoms with Gasteiger partial charge in [0.15, 0.2) is 0 Å². The Hall–Kier alpha value is -1.75. The van der Waals surface area contributed by atoms with Gasteiger partial charge in [0.05, 0.1) is 17.0 Å². The van der Waals surface area contributed by atoms with E-state index in [9.17, 15) is 9.00 Å². The van der Waals surface area contributed by atoms with Crippen molar-refractivity contribution in [1.29, 1.82) is 0 Å². The van der Waals surface area contributed by atoms with Gasteiger partial charge < -0.3 is 4.52 Å². The number of aromatic nitrogens is 1. The van der Waals surface area contributed by atoms with Crippen LogP contribution in [0.3, 0.4) is 0 Å². The smallest absolute Gasteiger partial charge is 0.145 e. The van der Waals surface area contributed by atoms with Crippen LogP contribution >= 0.6 is 0 Å². The molecule has 0 spiro atoms. The summed E-state index contributed by atoms with van der Waals surface area (Å²) in [4.78, 5) is 15.8. The van der Waals surface area contributed by atoms with Crippen molar-refractivity contribution in [1.82, 2.24) is 5.16 Å². The fourth-order valence-corrected chi connectivity index (χ4v) is 13.9. The summed E-state index contributed by atoms with van der Waals surface area (Å²) in [5.74, 6) is 3.45. The van der Waals surface area contributed by atoms with E-state index in [1.165, 1.54) is 18.4 Å². The molecule has 1 unspecified atom stereocenters. The van der Waals surface area contributed by atoms with Gasteiger partial charge in [-0.25, -0.2) is 0 Å². The third-order valence-corrected chi connectivity index (χ3v) is 16.2. The highest BCUT2D eigenvalue weighted by molar-refractivity contribution is 7.85. The number of fused-ring (bicyclic) bond motifs is 8. The van der Waals surface area contributed by atoms with Crippen molar-refractivity contribution in [2.75, 3.05) is 5.75 Å². The molecule has 228 valence electrons. The van der Waals surface area contributed by atoms with Crippen molar-refractivity contribution in [2.24, 2.45) is 50.7 Å². The summed E-state index contributed by atoms with van der Waals surface area (Å²) in [5, 5.41) is 4.25. The Bertz CT molecular complexity index is 1430. The maximum Gasteiger partial charge on any atom is 0.145 e. The number of hydrogen-bond acceptors (Lipinski definition) is 4. The predicted molar refractivity (Wildman–Crippen MR) is 167 cm³/mol. The predicted octanol–water partition coefficient (Wildman–Crippen LogP) is 8.56. The molecule has 1 aromatic carbocycles. The molecule has 1 heterocycles. The molecule has 0 aliphatic heterocycles. The van der Waals surface area contributed by atoms with Gasteiger partial charge in [0, 0.05) is 34.0 Å². The van der Waals surface area contributed by atoms with Crippen LogP contribution in [0, 0.1) is 50.7 Å². The first kappa shape index (κ1) is 29.0. The van der Waals surface area contributed by atoms with Crippen LogP contribution in [0.15, 0.2) is 45.9 Å². The molecular formula is C37H51NO3S. The Morgan fingerprint density at radius 3 is 2.36 bits per heavy atom. The summed E-state index contributed by atoms with van der Waals surface area (Å²) in [6.45, 7) is 17.1. The summed E-state index contributed by atoms with van der Waals surface area (Å²) in [6, 6.07) is 10.0. The first-order chi connectivity index (χ1) is 19.7. The molecule has 2 aromatic rings. The van der Waals surface area contributed by atoms with E-state index >= 15 is 0 Å². The van der Waals surface area contributed by atoms with E-state index in [1.54, 1.807) is 0 Å². The number of Topliss-reactive ketones (excluding diaryl/α,β-unsaturated/α-hetero) is 1. The van der Waals surface area contributed by atoms with Crippen LogP contribution in [0.2, 0.25) is 0 Å². The number of ketones is 1. The van der Waals surface area contributed by atoms with Gasteiger partial charge in [-0.1, -0.05) is 71.8 Å². The fraction of sp³-hybridized carbons (Fsp3) is 0.730. The van der Waals surface area contributed by atoms with E-state index < -0.39 is 10.8 Å². The van der Waals surface area contributed by atoms with Crippen molar-refractivity contribution in [2.45, 2.75) is 117 Å². The molecule has 0 saturated heterocycles. The van der Waals surface area contributed by atoms with Crippen molar-refractivity contribution < 1.29 is 13.5 Å². The first-order valence-corrected chi connectivity index (χ1v) is 17.9. The lowest BCUT2D eigenvalue weighted by molar-refractivity contribution is -0.226. The molecule has 5 heteroatoms. The van der Waals surface area contributed by atoms with Crippen LogP contribution in [-0.2, 0) is 27.4 Å². The Labute approximate surface area is 255 Å². The van der Waals surface area contributed by atoms with Crippen molar-refractivity contribution in [3.63, 3.8) is 0 Å². The summed E-state index contributed by atoms with van der Waals surface area (Å²) in [5.41, 5.74) is 1.43. The van der Waals surface area contributed by atoms with E-state index in [0.29, 0.717) is 35.7 Å². The Morgan fingerprint density at radius 2 is 1.62 bits per heavy atom. The maximum atomic E-state index is 14.9. The molecule has 4 fully saturated rings. The van der Waals surface area contributed by atoms with Crippen LogP contribution in [0.1, 0.15) is 111 Å². The van der Waals surface area contributed by atoms with E-state index in [4.69, 9.17) is 4.52 Å². The third kappa shape index (κ3) is 3.80. The Kier molecular flexibility index (Phi) is 6.31. The van der Waals surface area contributed by atoms with Crippen LogP contribution in [0.5, 0.6) is 0 Å². The lowest BCUT2D eigenvalue weighted by atomic mass is 9.31. The van der Waals surface area contributed by atoms with Gasteiger partial charge in [-0.05, 0) is 108 Å². The monoisotopic (exact) mass is 589 g/mol. The molecule has 0 radical (unpaired) electrons. The second-order valence-electron chi connectivity index (χ2n) is 17.4. The SMILES string of the molecule is CC1(C)CC[C@]2(CS(=O)c3ccccc3)CC[C@]3(C)[C@H](C(=O)C[C@@H]4[C@@]5(C)Cc6cnoc6C(C)(C)[C@@H]5CC[C@]43C)[C@@H]2C1. The zero-order valence-electron chi connectivity index (χ0n) is 26.9. The Balaban J connectivity index is 1.29. The summed E-state index contributed by atoms with van der Waals surface area (Å²) >= 11 is 0. The minimum absolute atomic E-state index is 0.0233. The molecule has 0 amide bonds. The second kappa shape index (κ2) is 9.14.